The average Bonchev–Trinajstić information content (AvgIpc) is 3.04. The van der Waals surface area contributed by atoms with Gasteiger partial charge in [0.1, 0.15) is 12.4 Å². The maximum atomic E-state index is 13.4. The number of nitrogens with one attached hydrogen (secondary N) is 2. The molecular formula is C16H21F2IN4O. The summed E-state index contributed by atoms with van der Waals surface area (Å²) in [6.07, 6.45) is 3.98. The second-order valence-electron chi connectivity index (χ2n) is 4.77. The lowest BCUT2D eigenvalue weighted by Gasteiger charge is -2.13. The quantitative estimate of drug-likeness (QED) is 0.295. The molecule has 0 fully saturated rings. The van der Waals surface area contributed by atoms with Gasteiger partial charge >= 0.3 is 0 Å². The van der Waals surface area contributed by atoms with Gasteiger partial charge in [-0.3, -0.25) is 4.99 Å². The molecule has 2 rings (SSSR count). The minimum absolute atomic E-state index is 0. The van der Waals surface area contributed by atoms with Gasteiger partial charge in [0.25, 0.3) is 0 Å². The molecule has 8 heteroatoms. The molecule has 1 heterocycles. The minimum Gasteiger partial charge on any atom is -0.489 e. The largest absolute Gasteiger partial charge is 0.489 e. The van der Waals surface area contributed by atoms with E-state index < -0.39 is 11.6 Å². The highest BCUT2D eigenvalue weighted by atomic mass is 127. The normalized spacial score (nSPS) is 10.9. The second-order valence-corrected chi connectivity index (χ2v) is 4.77. The van der Waals surface area contributed by atoms with Gasteiger partial charge in [-0.25, -0.2) is 8.78 Å². The van der Waals surface area contributed by atoms with Gasteiger partial charge in [0.2, 0.25) is 0 Å². The van der Waals surface area contributed by atoms with Gasteiger partial charge in [-0.2, -0.15) is 0 Å². The molecule has 24 heavy (non-hydrogen) atoms. The summed E-state index contributed by atoms with van der Waals surface area (Å²) in [5.74, 6) is -0.663. The molecule has 0 unspecified atom stereocenters. The maximum Gasteiger partial charge on any atom is 0.191 e. The van der Waals surface area contributed by atoms with E-state index in [4.69, 9.17) is 4.74 Å². The third kappa shape index (κ3) is 6.73. The molecule has 1 aromatic heterocycles. The third-order valence-electron chi connectivity index (χ3n) is 3.10. The van der Waals surface area contributed by atoms with E-state index in [-0.39, 0.29) is 36.3 Å². The van der Waals surface area contributed by atoms with E-state index in [9.17, 15) is 8.78 Å². The summed E-state index contributed by atoms with van der Waals surface area (Å²) in [7, 11) is 1.67. The number of aliphatic imine (C=N–C) groups is 1. The highest BCUT2D eigenvalue weighted by molar-refractivity contribution is 14.0. The Labute approximate surface area is 157 Å². The molecule has 0 atom stereocenters. The van der Waals surface area contributed by atoms with Crippen molar-refractivity contribution in [2.75, 3.05) is 26.7 Å². The topological polar surface area (TPSA) is 50.6 Å². The zero-order valence-corrected chi connectivity index (χ0v) is 15.7. The Balaban J connectivity index is 0.00000288. The smallest absolute Gasteiger partial charge is 0.191 e. The summed E-state index contributed by atoms with van der Waals surface area (Å²) in [5, 5.41) is 6.22. The van der Waals surface area contributed by atoms with E-state index >= 15 is 0 Å². The van der Waals surface area contributed by atoms with Gasteiger partial charge in [-0.1, -0.05) is 0 Å². The molecule has 2 aromatic rings. The molecule has 0 aliphatic heterocycles. The van der Waals surface area contributed by atoms with Crippen LogP contribution in [0.15, 0.2) is 47.7 Å². The zero-order chi connectivity index (χ0) is 16.5. The fourth-order valence-corrected chi connectivity index (χ4v) is 1.97. The molecule has 0 saturated carbocycles. The molecule has 0 saturated heterocycles. The van der Waals surface area contributed by atoms with Crippen LogP contribution in [0.5, 0.6) is 5.75 Å². The second kappa shape index (κ2) is 10.8. The van der Waals surface area contributed by atoms with Crippen LogP contribution in [-0.2, 0) is 6.54 Å². The van der Waals surface area contributed by atoms with Crippen LogP contribution in [0.4, 0.5) is 8.78 Å². The predicted molar refractivity (Wildman–Crippen MR) is 101 cm³/mol. The van der Waals surface area contributed by atoms with Crippen LogP contribution in [0.2, 0.25) is 0 Å². The van der Waals surface area contributed by atoms with E-state index in [1.807, 2.05) is 24.5 Å². The lowest BCUT2D eigenvalue weighted by Crippen LogP contribution is -2.40. The molecule has 1 aromatic carbocycles. The fourth-order valence-electron chi connectivity index (χ4n) is 1.97. The number of benzene rings is 1. The first-order valence-electron chi connectivity index (χ1n) is 7.32. The Bertz CT molecular complexity index is 635. The number of rotatable bonds is 7. The lowest BCUT2D eigenvalue weighted by molar-refractivity contribution is 0.304. The van der Waals surface area contributed by atoms with Gasteiger partial charge in [-0.05, 0) is 24.3 Å². The van der Waals surface area contributed by atoms with Crippen LogP contribution in [0.1, 0.15) is 0 Å². The van der Waals surface area contributed by atoms with E-state index in [2.05, 4.69) is 20.2 Å². The Kier molecular flexibility index (Phi) is 9.13. The number of halogens is 3. The summed E-state index contributed by atoms with van der Waals surface area (Å²) >= 11 is 0. The monoisotopic (exact) mass is 450 g/mol. The van der Waals surface area contributed by atoms with Gasteiger partial charge in [0, 0.05) is 38.6 Å². The number of hydrogen-bond acceptors (Lipinski definition) is 2. The number of ether oxygens (including phenoxy) is 1. The molecule has 2 N–H and O–H groups in total. The van der Waals surface area contributed by atoms with Crippen LogP contribution >= 0.6 is 24.0 Å². The molecule has 0 aliphatic carbocycles. The van der Waals surface area contributed by atoms with E-state index in [0.717, 1.165) is 25.2 Å². The molecule has 0 bridgehead atoms. The van der Waals surface area contributed by atoms with Crippen molar-refractivity contribution in [2.45, 2.75) is 6.54 Å². The van der Waals surface area contributed by atoms with Crippen molar-refractivity contribution in [1.29, 1.82) is 0 Å². The van der Waals surface area contributed by atoms with Crippen molar-refractivity contribution < 1.29 is 13.5 Å². The van der Waals surface area contributed by atoms with Crippen LogP contribution in [0.3, 0.4) is 0 Å². The van der Waals surface area contributed by atoms with Crippen LogP contribution < -0.4 is 15.4 Å². The summed E-state index contributed by atoms with van der Waals surface area (Å²) in [5.41, 5.74) is 0. The van der Waals surface area contributed by atoms with Crippen molar-refractivity contribution in [1.82, 2.24) is 15.2 Å². The fraction of sp³-hybridized carbons (Fsp3) is 0.312. The summed E-state index contributed by atoms with van der Waals surface area (Å²) < 4.78 is 33.5. The number of guanidine groups is 1. The first kappa shape index (κ1) is 20.2. The van der Waals surface area contributed by atoms with Gasteiger partial charge in [0.05, 0.1) is 6.54 Å². The minimum atomic E-state index is -0.709. The standard InChI is InChI=1S/C16H20F2N4O.HI/c1-19-16(20-6-10-22-8-2-3-9-22)21-7-11-23-15-5-4-13(17)12-14(15)18;/h2-5,8-9,12H,6-7,10-11H2,1H3,(H2,19,20,21);1H. The number of nitrogens with zero attached hydrogens (tertiary/aromatic N) is 2. The number of aromatic nitrogens is 1. The Morgan fingerprint density at radius 1 is 1.17 bits per heavy atom. The maximum absolute atomic E-state index is 13.4. The SMILES string of the molecule is CN=C(NCCOc1ccc(F)cc1F)NCCn1cccc1.I. The highest BCUT2D eigenvalue weighted by Gasteiger charge is 2.04. The number of hydrogen-bond donors (Lipinski definition) is 2. The Hall–Kier alpha value is -1.84. The summed E-state index contributed by atoms with van der Waals surface area (Å²) in [6, 6.07) is 7.17. The first-order valence-corrected chi connectivity index (χ1v) is 7.32. The van der Waals surface area contributed by atoms with Crippen molar-refractivity contribution in [3.8, 4) is 5.75 Å². The first-order chi connectivity index (χ1) is 11.2. The molecule has 132 valence electrons. The summed E-state index contributed by atoms with van der Waals surface area (Å²) in [6.45, 7) is 2.23. The molecule has 0 aliphatic rings. The van der Waals surface area contributed by atoms with Crippen molar-refractivity contribution in [3.05, 3.63) is 54.4 Å². The van der Waals surface area contributed by atoms with E-state index in [1.165, 1.54) is 6.07 Å². The van der Waals surface area contributed by atoms with Crippen molar-refractivity contribution in [3.63, 3.8) is 0 Å². The summed E-state index contributed by atoms with van der Waals surface area (Å²) in [4.78, 5) is 4.09. The zero-order valence-electron chi connectivity index (χ0n) is 13.3. The Morgan fingerprint density at radius 3 is 2.54 bits per heavy atom. The van der Waals surface area contributed by atoms with Crippen LogP contribution in [0.25, 0.3) is 0 Å². The van der Waals surface area contributed by atoms with E-state index in [1.54, 1.807) is 7.05 Å². The van der Waals surface area contributed by atoms with Crippen molar-refractivity contribution >= 4 is 29.9 Å². The van der Waals surface area contributed by atoms with Crippen LogP contribution in [-0.4, -0.2) is 37.3 Å². The average molecular weight is 450 g/mol. The van der Waals surface area contributed by atoms with Crippen LogP contribution in [0, 0.1) is 11.6 Å². The molecule has 5 nitrogen and oxygen atoms in total. The Morgan fingerprint density at radius 2 is 1.88 bits per heavy atom. The van der Waals surface area contributed by atoms with Gasteiger partial charge in [0.15, 0.2) is 17.5 Å². The molecule has 0 radical (unpaired) electrons. The molecule has 0 spiro atoms. The van der Waals surface area contributed by atoms with Gasteiger partial charge in [-0.15, -0.1) is 24.0 Å². The van der Waals surface area contributed by atoms with Crippen molar-refractivity contribution in [2.24, 2.45) is 4.99 Å². The molecule has 0 amide bonds. The highest BCUT2D eigenvalue weighted by Crippen LogP contribution is 2.17. The van der Waals surface area contributed by atoms with E-state index in [0.29, 0.717) is 12.5 Å². The van der Waals surface area contributed by atoms with Gasteiger partial charge < -0.3 is 19.9 Å². The third-order valence-corrected chi connectivity index (χ3v) is 3.10. The lowest BCUT2D eigenvalue weighted by atomic mass is 10.3. The predicted octanol–water partition coefficient (Wildman–Crippen LogP) is 2.63. The molecular weight excluding hydrogens is 429 g/mol.